The van der Waals surface area contributed by atoms with Crippen molar-refractivity contribution in [2.45, 2.75) is 71.5 Å². The predicted octanol–water partition coefficient (Wildman–Crippen LogP) is 5.27. The van der Waals surface area contributed by atoms with Crippen molar-refractivity contribution in [3.63, 3.8) is 0 Å². The Morgan fingerprint density at radius 3 is 2.38 bits per heavy atom. The SMILES string of the molecule is COc1cc(C(=O)O)c(C(=O)O)c2c1CC(OC)C(C)(CC/C=C(\C)CCC=C(C)C)O2. The van der Waals surface area contributed by atoms with Crippen LogP contribution in [-0.4, -0.2) is 48.1 Å². The zero-order valence-electron chi connectivity index (χ0n) is 19.8. The molecular weight excluding hydrogens is 412 g/mol. The summed E-state index contributed by atoms with van der Waals surface area (Å²) in [5.41, 5.74) is 1.53. The van der Waals surface area contributed by atoms with Gasteiger partial charge in [0.25, 0.3) is 0 Å². The normalized spacial score (nSPS) is 20.2. The lowest BCUT2D eigenvalue weighted by Crippen LogP contribution is -2.50. The van der Waals surface area contributed by atoms with Crippen LogP contribution in [0.1, 0.15) is 79.7 Å². The van der Waals surface area contributed by atoms with Gasteiger partial charge >= 0.3 is 11.9 Å². The monoisotopic (exact) mass is 446 g/mol. The predicted molar refractivity (Wildman–Crippen MR) is 122 cm³/mol. The molecule has 7 nitrogen and oxygen atoms in total. The molecule has 0 aromatic heterocycles. The molecule has 1 aliphatic rings. The molecule has 0 aliphatic carbocycles. The largest absolute Gasteiger partial charge is 0.496 e. The maximum absolute atomic E-state index is 12.0. The number of hydrogen-bond acceptors (Lipinski definition) is 5. The van der Waals surface area contributed by atoms with Crippen LogP contribution in [0.4, 0.5) is 0 Å². The van der Waals surface area contributed by atoms with Gasteiger partial charge in [0.1, 0.15) is 28.8 Å². The Balaban J connectivity index is 2.37. The van der Waals surface area contributed by atoms with E-state index < -0.39 is 17.5 Å². The van der Waals surface area contributed by atoms with Gasteiger partial charge in [-0.15, -0.1) is 0 Å². The molecule has 1 aromatic rings. The van der Waals surface area contributed by atoms with Gasteiger partial charge in [-0.3, -0.25) is 0 Å². The zero-order valence-corrected chi connectivity index (χ0v) is 19.8. The van der Waals surface area contributed by atoms with Crippen LogP contribution in [0.25, 0.3) is 0 Å². The van der Waals surface area contributed by atoms with Crippen LogP contribution in [0, 0.1) is 0 Å². The number of fused-ring (bicyclic) bond motifs is 1. The smallest absolute Gasteiger partial charge is 0.340 e. The first-order chi connectivity index (χ1) is 15.0. The van der Waals surface area contributed by atoms with Gasteiger partial charge < -0.3 is 24.4 Å². The molecule has 0 spiro atoms. The summed E-state index contributed by atoms with van der Waals surface area (Å²) in [4.78, 5) is 23.7. The molecule has 0 saturated heterocycles. The second-order valence-electron chi connectivity index (χ2n) is 8.67. The van der Waals surface area contributed by atoms with E-state index >= 15 is 0 Å². The summed E-state index contributed by atoms with van der Waals surface area (Å²) in [6.07, 6.45) is 7.67. The van der Waals surface area contributed by atoms with Gasteiger partial charge in [-0.25, -0.2) is 9.59 Å². The Kier molecular flexibility index (Phi) is 8.50. The third-order valence-electron chi connectivity index (χ3n) is 5.92. The molecule has 1 aromatic carbocycles. The van der Waals surface area contributed by atoms with Gasteiger partial charge in [0, 0.05) is 19.1 Å². The highest BCUT2D eigenvalue weighted by molar-refractivity contribution is 6.04. The van der Waals surface area contributed by atoms with Gasteiger partial charge in [-0.2, -0.15) is 0 Å². The van der Waals surface area contributed by atoms with Crippen LogP contribution >= 0.6 is 0 Å². The second kappa shape index (κ2) is 10.7. The number of methoxy groups -OCH3 is 2. The summed E-state index contributed by atoms with van der Waals surface area (Å²) in [6, 6.07) is 1.24. The number of carboxylic acid groups (broad SMARTS) is 2. The van der Waals surface area contributed by atoms with E-state index in [1.165, 1.54) is 24.3 Å². The molecule has 176 valence electrons. The molecule has 0 radical (unpaired) electrons. The molecule has 0 fully saturated rings. The van der Waals surface area contributed by atoms with Crippen molar-refractivity contribution in [2.24, 2.45) is 0 Å². The standard InChI is InChI=1S/C25H34O7/c1-15(2)9-7-10-16(3)11-8-12-25(4)20(31-6)14-17-19(30-5)13-18(23(26)27)21(24(28)29)22(17)32-25/h9,11,13,20H,7-8,10,12,14H2,1-6H3,(H,26,27)(H,28,29)/b16-11+. The summed E-state index contributed by atoms with van der Waals surface area (Å²) in [5.74, 6) is -2.37. The number of carboxylic acids is 2. The van der Waals surface area contributed by atoms with Crippen molar-refractivity contribution in [1.29, 1.82) is 0 Å². The summed E-state index contributed by atoms with van der Waals surface area (Å²) >= 11 is 0. The Bertz CT molecular complexity index is 925. The second-order valence-corrected chi connectivity index (χ2v) is 8.67. The molecule has 1 aliphatic heterocycles. The maximum atomic E-state index is 12.0. The van der Waals surface area contributed by atoms with Gasteiger partial charge in [-0.05, 0) is 59.4 Å². The molecule has 2 unspecified atom stereocenters. The molecule has 0 bridgehead atoms. The quantitative estimate of drug-likeness (QED) is 0.472. The summed E-state index contributed by atoms with van der Waals surface area (Å²) in [6.45, 7) is 8.14. The van der Waals surface area contributed by atoms with E-state index in [0.29, 0.717) is 18.4 Å². The van der Waals surface area contributed by atoms with Crippen molar-refractivity contribution >= 4 is 11.9 Å². The number of allylic oxidation sites excluding steroid dienone is 4. The molecule has 7 heteroatoms. The Morgan fingerprint density at radius 1 is 1.16 bits per heavy atom. The van der Waals surface area contributed by atoms with Crippen LogP contribution < -0.4 is 9.47 Å². The van der Waals surface area contributed by atoms with E-state index in [2.05, 4.69) is 32.9 Å². The fourth-order valence-corrected chi connectivity index (χ4v) is 4.09. The lowest BCUT2D eigenvalue weighted by molar-refractivity contribution is -0.0803. The minimum atomic E-state index is -1.35. The van der Waals surface area contributed by atoms with Crippen LogP contribution in [0.15, 0.2) is 29.4 Å². The molecule has 1 heterocycles. The Hall–Kier alpha value is -2.80. The zero-order chi connectivity index (χ0) is 24.1. The van der Waals surface area contributed by atoms with Gasteiger partial charge in [0.05, 0.1) is 12.7 Å². The van der Waals surface area contributed by atoms with Gasteiger partial charge in [0.2, 0.25) is 0 Å². The van der Waals surface area contributed by atoms with E-state index in [1.54, 1.807) is 7.11 Å². The Labute approximate surface area is 189 Å². The number of ether oxygens (including phenoxy) is 3. The van der Waals surface area contributed by atoms with E-state index in [1.807, 2.05) is 6.92 Å². The highest BCUT2D eigenvalue weighted by Crippen LogP contribution is 2.45. The van der Waals surface area contributed by atoms with E-state index in [4.69, 9.17) is 14.2 Å². The minimum absolute atomic E-state index is 0.0503. The highest BCUT2D eigenvalue weighted by atomic mass is 16.6. The molecular formula is C25H34O7. The molecule has 0 saturated carbocycles. The van der Waals surface area contributed by atoms with Crippen molar-refractivity contribution in [3.8, 4) is 11.5 Å². The first kappa shape index (κ1) is 25.5. The number of hydrogen-bond donors (Lipinski definition) is 2. The average molecular weight is 447 g/mol. The van der Waals surface area contributed by atoms with E-state index in [0.717, 1.165) is 19.3 Å². The first-order valence-corrected chi connectivity index (χ1v) is 10.7. The topological polar surface area (TPSA) is 102 Å². The average Bonchev–Trinajstić information content (AvgIpc) is 2.71. The van der Waals surface area contributed by atoms with Gasteiger partial charge in [-0.1, -0.05) is 23.3 Å². The number of aromatic carboxylic acids is 2. The third kappa shape index (κ3) is 5.71. The van der Waals surface area contributed by atoms with Crippen molar-refractivity contribution in [1.82, 2.24) is 0 Å². The minimum Gasteiger partial charge on any atom is -0.496 e. The van der Waals surface area contributed by atoms with Crippen molar-refractivity contribution in [2.75, 3.05) is 14.2 Å². The summed E-state index contributed by atoms with van der Waals surface area (Å²) in [7, 11) is 3.01. The number of rotatable bonds is 10. The van der Waals surface area contributed by atoms with Crippen LogP contribution in [0.3, 0.4) is 0 Å². The van der Waals surface area contributed by atoms with Crippen LogP contribution in [-0.2, 0) is 11.2 Å². The molecule has 2 N–H and O–H groups in total. The summed E-state index contributed by atoms with van der Waals surface area (Å²) < 4.78 is 17.3. The lowest BCUT2D eigenvalue weighted by Gasteiger charge is -2.42. The lowest BCUT2D eigenvalue weighted by atomic mass is 9.83. The van der Waals surface area contributed by atoms with Crippen LogP contribution in [0.2, 0.25) is 0 Å². The summed E-state index contributed by atoms with van der Waals surface area (Å²) in [5, 5.41) is 19.3. The Morgan fingerprint density at radius 2 is 1.84 bits per heavy atom. The molecule has 32 heavy (non-hydrogen) atoms. The molecule has 2 atom stereocenters. The van der Waals surface area contributed by atoms with E-state index in [-0.39, 0.29) is 28.7 Å². The highest BCUT2D eigenvalue weighted by Gasteiger charge is 2.44. The molecule has 0 amide bonds. The van der Waals surface area contributed by atoms with Gasteiger partial charge in [0.15, 0.2) is 0 Å². The van der Waals surface area contributed by atoms with E-state index in [9.17, 15) is 19.8 Å². The fraction of sp³-hybridized carbons (Fsp3) is 0.520. The molecule has 2 rings (SSSR count). The number of carbonyl (C=O) groups is 2. The fourth-order valence-electron chi connectivity index (χ4n) is 4.09. The van der Waals surface area contributed by atoms with Crippen molar-refractivity contribution in [3.05, 3.63) is 46.1 Å². The number of benzene rings is 1. The van der Waals surface area contributed by atoms with Crippen molar-refractivity contribution < 1.29 is 34.0 Å². The first-order valence-electron chi connectivity index (χ1n) is 10.7. The maximum Gasteiger partial charge on any atom is 0.340 e. The third-order valence-corrected chi connectivity index (χ3v) is 5.92. The van der Waals surface area contributed by atoms with Crippen LogP contribution in [0.5, 0.6) is 11.5 Å².